The van der Waals surface area contributed by atoms with Crippen molar-refractivity contribution >= 4 is 0 Å². The molecule has 0 amide bonds. The third kappa shape index (κ3) is 31.9. The van der Waals surface area contributed by atoms with E-state index in [0.717, 1.165) is 5.92 Å². The van der Waals surface area contributed by atoms with Gasteiger partial charge in [-0.2, -0.15) is 0 Å². The van der Waals surface area contributed by atoms with Crippen LogP contribution in [0, 0.1) is 17.3 Å². The molecular weight excluding hydrogens is 577 g/mol. The fourth-order valence-electron chi connectivity index (χ4n) is 8.48. The van der Waals surface area contributed by atoms with E-state index in [1.807, 2.05) is 5.92 Å². The van der Waals surface area contributed by atoms with Gasteiger partial charge in [0.2, 0.25) is 0 Å². The first kappa shape index (κ1) is 48.0. The normalized spacial score (nSPS) is 12.8. The van der Waals surface area contributed by atoms with Crippen LogP contribution in [-0.2, 0) is 0 Å². The Bertz CT molecular complexity index is 575. The summed E-state index contributed by atoms with van der Waals surface area (Å²) in [5.74, 6) is 2.90. The lowest BCUT2D eigenvalue weighted by Crippen LogP contribution is -2.29. The van der Waals surface area contributed by atoms with Gasteiger partial charge >= 0.3 is 0 Å². The second-order valence-corrected chi connectivity index (χ2v) is 17.1. The zero-order chi connectivity index (χ0) is 35.2. The van der Waals surface area contributed by atoms with Crippen molar-refractivity contribution in [3.05, 3.63) is 5.92 Å². The molecule has 0 heterocycles. The van der Waals surface area contributed by atoms with Crippen LogP contribution < -0.4 is 0 Å². The Morgan fingerprint density at radius 3 is 0.896 bits per heavy atom. The first-order valence-electron chi connectivity index (χ1n) is 23.4. The summed E-state index contributed by atoms with van der Waals surface area (Å²) in [5.41, 5.74) is 0.425. The Labute approximate surface area is 308 Å². The molecule has 0 fully saturated rings. The fraction of sp³-hybridized carbons (Fsp3) is 0.979. The van der Waals surface area contributed by atoms with Crippen molar-refractivity contribution in [3.8, 4) is 0 Å². The molecular formula is C48H97. The molecule has 0 aliphatic heterocycles. The van der Waals surface area contributed by atoms with E-state index in [1.165, 1.54) is 250 Å². The van der Waals surface area contributed by atoms with Crippen LogP contribution in [0.25, 0.3) is 0 Å². The molecule has 0 nitrogen and oxygen atoms in total. The zero-order valence-electron chi connectivity index (χ0n) is 35.2. The fourth-order valence-corrected chi connectivity index (χ4v) is 8.48. The smallest absolute Gasteiger partial charge is 0.0154 e. The Balaban J connectivity index is 4.83. The molecule has 1 radical (unpaired) electrons. The van der Waals surface area contributed by atoms with E-state index in [0.29, 0.717) is 5.41 Å². The highest BCUT2D eigenvalue weighted by Gasteiger charge is 2.34. The minimum Gasteiger partial charge on any atom is -0.0654 e. The summed E-state index contributed by atoms with van der Waals surface area (Å²) in [7, 11) is 0. The maximum Gasteiger partial charge on any atom is -0.0154 e. The second kappa shape index (κ2) is 38.2. The van der Waals surface area contributed by atoms with Crippen molar-refractivity contribution in [2.75, 3.05) is 0 Å². The lowest BCUT2D eigenvalue weighted by molar-refractivity contribution is 0.238. The molecule has 0 spiro atoms. The van der Waals surface area contributed by atoms with Crippen LogP contribution in [0.2, 0.25) is 0 Å². The largest absolute Gasteiger partial charge is 0.0654 e. The van der Waals surface area contributed by atoms with Gasteiger partial charge in [-0.05, 0) is 42.9 Å². The minimum atomic E-state index is 0.425. The molecule has 0 saturated heterocycles. The summed E-state index contributed by atoms with van der Waals surface area (Å²) in [6.07, 6.45) is 56.7. The Morgan fingerprint density at radius 2 is 0.562 bits per heavy atom. The van der Waals surface area contributed by atoms with E-state index in [1.54, 1.807) is 0 Å². The van der Waals surface area contributed by atoms with E-state index in [9.17, 15) is 0 Å². The highest BCUT2D eigenvalue weighted by atomic mass is 14.4. The quantitative estimate of drug-likeness (QED) is 0.0567. The monoisotopic (exact) mass is 674 g/mol. The van der Waals surface area contributed by atoms with Crippen LogP contribution >= 0.6 is 0 Å². The number of hydrogen-bond donors (Lipinski definition) is 0. The zero-order valence-corrected chi connectivity index (χ0v) is 35.2. The maximum absolute atomic E-state index is 2.67. The van der Waals surface area contributed by atoms with E-state index in [4.69, 9.17) is 0 Å². The first-order valence-corrected chi connectivity index (χ1v) is 23.4. The third-order valence-corrected chi connectivity index (χ3v) is 11.9. The molecule has 0 aromatic rings. The molecule has 0 N–H and O–H groups in total. The minimum absolute atomic E-state index is 0.425. The van der Waals surface area contributed by atoms with E-state index >= 15 is 0 Å². The van der Waals surface area contributed by atoms with E-state index in [2.05, 4.69) is 41.5 Å². The van der Waals surface area contributed by atoms with Gasteiger partial charge in [0.25, 0.3) is 0 Å². The lowest BCUT2D eigenvalue weighted by Gasteiger charge is -2.40. The summed E-state index contributed by atoms with van der Waals surface area (Å²) in [6.45, 7) is 14.7. The van der Waals surface area contributed by atoms with Crippen molar-refractivity contribution in [2.24, 2.45) is 11.3 Å². The highest BCUT2D eigenvalue weighted by Crippen LogP contribution is 2.46. The molecule has 0 aliphatic rings. The summed E-state index contributed by atoms with van der Waals surface area (Å²) < 4.78 is 0. The average Bonchev–Trinajstić information content (AvgIpc) is 3.08. The average molecular weight is 674 g/mol. The molecule has 0 bridgehead atoms. The molecule has 0 heteroatoms. The first-order chi connectivity index (χ1) is 23.5. The van der Waals surface area contributed by atoms with Gasteiger partial charge in [-0.15, -0.1) is 0 Å². The predicted molar refractivity (Wildman–Crippen MR) is 223 cm³/mol. The van der Waals surface area contributed by atoms with Crippen molar-refractivity contribution in [2.45, 2.75) is 292 Å². The van der Waals surface area contributed by atoms with Gasteiger partial charge in [-0.3, -0.25) is 0 Å². The van der Waals surface area contributed by atoms with Crippen molar-refractivity contribution in [1.29, 1.82) is 0 Å². The molecule has 0 rings (SSSR count). The van der Waals surface area contributed by atoms with Gasteiger partial charge in [0, 0.05) is 0 Å². The Kier molecular flexibility index (Phi) is 38.2. The molecule has 1 atom stereocenters. The van der Waals surface area contributed by atoms with Gasteiger partial charge < -0.3 is 0 Å². The lowest BCUT2D eigenvalue weighted by atomic mass is 9.64. The second-order valence-electron chi connectivity index (χ2n) is 17.1. The number of unbranched alkanes of at least 4 members (excludes halogenated alkanes) is 31. The summed E-state index contributed by atoms with van der Waals surface area (Å²) in [6, 6.07) is 0. The number of rotatable bonds is 41. The van der Waals surface area contributed by atoms with Gasteiger partial charge in [-0.25, -0.2) is 0 Å². The van der Waals surface area contributed by atoms with Crippen LogP contribution in [0.4, 0.5) is 0 Å². The molecule has 289 valence electrons. The van der Waals surface area contributed by atoms with E-state index < -0.39 is 0 Å². The molecule has 48 heavy (non-hydrogen) atoms. The van der Waals surface area contributed by atoms with Crippen LogP contribution in [-0.4, -0.2) is 0 Å². The van der Waals surface area contributed by atoms with Crippen LogP contribution in [0.5, 0.6) is 0 Å². The summed E-state index contributed by atoms with van der Waals surface area (Å²) in [4.78, 5) is 0. The SMILES string of the molecule is CCCCCCCCCCCCCCCCC(CCCCCC)[C](CCCCCCCCCCCC)C(C)(C)CCCCCCCCC. The third-order valence-electron chi connectivity index (χ3n) is 11.9. The number of hydrogen-bond acceptors (Lipinski definition) is 0. The van der Waals surface area contributed by atoms with Crippen molar-refractivity contribution < 1.29 is 0 Å². The van der Waals surface area contributed by atoms with Crippen molar-refractivity contribution in [1.82, 2.24) is 0 Å². The topological polar surface area (TPSA) is 0 Å². The molecule has 1 unspecified atom stereocenters. The van der Waals surface area contributed by atoms with Gasteiger partial charge in [0.1, 0.15) is 0 Å². The predicted octanol–water partition coefficient (Wildman–Crippen LogP) is 18.5. The van der Waals surface area contributed by atoms with Gasteiger partial charge in [0.15, 0.2) is 0 Å². The highest BCUT2D eigenvalue weighted by molar-refractivity contribution is 5.07. The summed E-state index contributed by atoms with van der Waals surface area (Å²) in [5, 5.41) is 0. The molecule has 0 aromatic carbocycles. The van der Waals surface area contributed by atoms with Crippen LogP contribution in [0.3, 0.4) is 0 Å². The van der Waals surface area contributed by atoms with Crippen LogP contribution in [0.1, 0.15) is 292 Å². The molecule has 0 aliphatic carbocycles. The standard InChI is InChI=1S/C48H97/c1-7-11-15-19-22-24-26-27-28-29-30-32-35-39-43-46(42-38-18-14-10-4)47(44-40-36-33-31-25-23-20-16-12-8-2)48(5,6)45-41-37-34-21-17-13-9-3/h46H,7-45H2,1-6H3. The van der Waals surface area contributed by atoms with E-state index in [-0.39, 0.29) is 0 Å². The van der Waals surface area contributed by atoms with Crippen LogP contribution in [0.15, 0.2) is 0 Å². The Morgan fingerprint density at radius 1 is 0.312 bits per heavy atom. The maximum atomic E-state index is 2.67. The van der Waals surface area contributed by atoms with Crippen molar-refractivity contribution in [3.63, 3.8) is 0 Å². The van der Waals surface area contributed by atoms with Gasteiger partial charge in [0.05, 0.1) is 0 Å². The molecule has 0 aromatic heterocycles. The van der Waals surface area contributed by atoms with Gasteiger partial charge in [-0.1, -0.05) is 266 Å². The molecule has 0 saturated carbocycles. The Hall–Kier alpha value is 0. The summed E-state index contributed by atoms with van der Waals surface area (Å²) >= 11 is 0.